The van der Waals surface area contributed by atoms with Gasteiger partial charge in [-0.25, -0.2) is 9.18 Å². The zero-order valence-electron chi connectivity index (χ0n) is 11.1. The lowest BCUT2D eigenvalue weighted by Crippen LogP contribution is -2.48. The van der Waals surface area contributed by atoms with Crippen molar-refractivity contribution in [2.24, 2.45) is 0 Å². The van der Waals surface area contributed by atoms with Crippen LogP contribution in [0.4, 0.5) is 4.39 Å². The zero-order valence-corrected chi connectivity index (χ0v) is 11.1. The zero-order chi connectivity index (χ0) is 14.7. The third-order valence-electron chi connectivity index (χ3n) is 3.44. The molecule has 1 heterocycles. The van der Waals surface area contributed by atoms with E-state index in [1.807, 2.05) is 0 Å². The molecule has 1 atom stereocenters. The number of likely N-dealkylation sites (tertiary alicyclic amines) is 1. The minimum Gasteiger partial charge on any atom is -0.507 e. The van der Waals surface area contributed by atoms with Gasteiger partial charge in [-0.1, -0.05) is 6.07 Å². The second-order valence-corrected chi connectivity index (χ2v) is 4.67. The van der Waals surface area contributed by atoms with Crippen molar-refractivity contribution in [3.05, 3.63) is 29.6 Å². The maximum absolute atomic E-state index is 13.7. The van der Waals surface area contributed by atoms with Gasteiger partial charge < -0.3 is 14.7 Å². The van der Waals surface area contributed by atoms with Crippen molar-refractivity contribution in [1.29, 1.82) is 0 Å². The second-order valence-electron chi connectivity index (χ2n) is 4.67. The summed E-state index contributed by atoms with van der Waals surface area (Å²) in [6.45, 7) is 0.340. The molecule has 108 valence electrons. The average molecular weight is 281 g/mol. The number of amides is 1. The molecule has 1 fully saturated rings. The summed E-state index contributed by atoms with van der Waals surface area (Å²) in [7, 11) is 1.25. The fraction of sp³-hybridized carbons (Fsp3) is 0.429. The Morgan fingerprint density at radius 3 is 2.80 bits per heavy atom. The molecule has 1 unspecified atom stereocenters. The van der Waals surface area contributed by atoms with Crippen molar-refractivity contribution in [2.45, 2.75) is 25.3 Å². The minimum absolute atomic E-state index is 0.340. The standard InChI is InChI=1S/C14H16FNO4/c1-20-14(19)10-6-2-3-8-16(10)13(18)12-9(15)5-4-7-11(12)17/h4-5,7,10,17H,2-3,6,8H2,1H3. The predicted molar refractivity (Wildman–Crippen MR) is 68.8 cm³/mol. The van der Waals surface area contributed by atoms with Gasteiger partial charge in [0.25, 0.3) is 5.91 Å². The van der Waals surface area contributed by atoms with Crippen LogP contribution in [0, 0.1) is 5.82 Å². The Balaban J connectivity index is 2.33. The van der Waals surface area contributed by atoms with Gasteiger partial charge in [0.1, 0.15) is 23.2 Å². The molecule has 1 N–H and O–H groups in total. The van der Waals surface area contributed by atoms with Gasteiger partial charge in [0.05, 0.1) is 7.11 Å². The summed E-state index contributed by atoms with van der Waals surface area (Å²) < 4.78 is 18.4. The van der Waals surface area contributed by atoms with Crippen LogP contribution >= 0.6 is 0 Å². The number of esters is 1. The molecule has 5 nitrogen and oxygen atoms in total. The van der Waals surface area contributed by atoms with Gasteiger partial charge in [-0.05, 0) is 31.4 Å². The van der Waals surface area contributed by atoms with Gasteiger partial charge >= 0.3 is 5.97 Å². The van der Waals surface area contributed by atoms with Gasteiger partial charge in [0.15, 0.2) is 0 Å². The molecule has 0 saturated carbocycles. The Morgan fingerprint density at radius 1 is 1.40 bits per heavy atom. The Labute approximate surface area is 116 Å². The third kappa shape index (κ3) is 2.59. The van der Waals surface area contributed by atoms with Gasteiger partial charge in [0.2, 0.25) is 0 Å². The van der Waals surface area contributed by atoms with Gasteiger partial charge in [0, 0.05) is 6.54 Å². The molecule has 1 aliphatic rings. The highest BCUT2D eigenvalue weighted by Crippen LogP contribution is 2.26. The van der Waals surface area contributed by atoms with Crippen molar-refractivity contribution in [1.82, 2.24) is 4.90 Å². The number of aromatic hydroxyl groups is 1. The van der Waals surface area contributed by atoms with Crippen molar-refractivity contribution >= 4 is 11.9 Å². The molecule has 1 amide bonds. The van der Waals surface area contributed by atoms with E-state index < -0.39 is 35.0 Å². The summed E-state index contributed by atoms with van der Waals surface area (Å²) in [5, 5.41) is 9.67. The van der Waals surface area contributed by atoms with E-state index in [1.165, 1.54) is 24.1 Å². The van der Waals surface area contributed by atoms with Crippen LogP contribution < -0.4 is 0 Å². The number of methoxy groups -OCH3 is 1. The molecule has 0 spiro atoms. The summed E-state index contributed by atoms with van der Waals surface area (Å²) in [6.07, 6.45) is 2.01. The molecule has 1 aromatic rings. The number of piperidine rings is 1. The highest BCUT2D eigenvalue weighted by Gasteiger charge is 2.35. The Morgan fingerprint density at radius 2 is 2.15 bits per heavy atom. The summed E-state index contributed by atoms with van der Waals surface area (Å²) >= 11 is 0. The molecular weight excluding hydrogens is 265 g/mol. The summed E-state index contributed by atoms with van der Waals surface area (Å²) in [4.78, 5) is 25.4. The highest BCUT2D eigenvalue weighted by atomic mass is 19.1. The normalized spacial score (nSPS) is 18.7. The second kappa shape index (κ2) is 5.90. The van der Waals surface area contributed by atoms with E-state index in [4.69, 9.17) is 0 Å². The van der Waals surface area contributed by atoms with E-state index >= 15 is 0 Å². The molecule has 1 saturated heterocycles. The van der Waals surface area contributed by atoms with Crippen LogP contribution in [0.5, 0.6) is 5.75 Å². The maximum Gasteiger partial charge on any atom is 0.328 e. The van der Waals surface area contributed by atoms with Crippen molar-refractivity contribution in [3.63, 3.8) is 0 Å². The monoisotopic (exact) mass is 281 g/mol. The first-order valence-corrected chi connectivity index (χ1v) is 6.42. The van der Waals surface area contributed by atoms with E-state index in [1.54, 1.807) is 0 Å². The van der Waals surface area contributed by atoms with Crippen LogP contribution in [0.2, 0.25) is 0 Å². The third-order valence-corrected chi connectivity index (χ3v) is 3.44. The molecule has 20 heavy (non-hydrogen) atoms. The lowest BCUT2D eigenvalue weighted by molar-refractivity contribution is -0.147. The number of ether oxygens (including phenoxy) is 1. The first kappa shape index (κ1) is 14.3. The first-order chi connectivity index (χ1) is 9.56. The molecule has 0 radical (unpaired) electrons. The van der Waals surface area contributed by atoms with E-state index in [0.29, 0.717) is 13.0 Å². The van der Waals surface area contributed by atoms with Crippen LogP contribution in [0.3, 0.4) is 0 Å². The average Bonchev–Trinajstić information content (AvgIpc) is 2.46. The topological polar surface area (TPSA) is 66.8 Å². The van der Waals surface area contributed by atoms with Crippen molar-refractivity contribution < 1.29 is 23.8 Å². The van der Waals surface area contributed by atoms with E-state index in [2.05, 4.69) is 4.74 Å². The maximum atomic E-state index is 13.7. The molecule has 2 rings (SSSR count). The van der Waals surface area contributed by atoms with Gasteiger partial charge in [-0.3, -0.25) is 4.79 Å². The molecule has 0 aliphatic carbocycles. The number of carbonyl (C=O) groups excluding carboxylic acids is 2. The van der Waals surface area contributed by atoms with Gasteiger partial charge in [-0.15, -0.1) is 0 Å². The quantitative estimate of drug-likeness (QED) is 0.838. The fourth-order valence-corrected chi connectivity index (χ4v) is 2.42. The molecule has 0 aromatic heterocycles. The minimum atomic E-state index is -0.802. The van der Waals surface area contributed by atoms with E-state index in [9.17, 15) is 19.1 Å². The van der Waals surface area contributed by atoms with Crippen LogP contribution in [0.1, 0.15) is 29.6 Å². The van der Waals surface area contributed by atoms with Crippen LogP contribution in [0.25, 0.3) is 0 Å². The SMILES string of the molecule is COC(=O)C1CCCCN1C(=O)c1c(O)cccc1F. The number of hydrogen-bond donors (Lipinski definition) is 1. The van der Waals surface area contributed by atoms with Crippen LogP contribution in [-0.2, 0) is 9.53 Å². The number of hydrogen-bond acceptors (Lipinski definition) is 4. The summed E-state index contributed by atoms with van der Waals surface area (Å²) in [6, 6.07) is 2.94. The fourth-order valence-electron chi connectivity index (χ4n) is 2.42. The number of phenols is 1. The molecule has 0 bridgehead atoms. The molecular formula is C14H16FNO4. The Bertz CT molecular complexity index is 512. The van der Waals surface area contributed by atoms with Crippen molar-refractivity contribution in [2.75, 3.05) is 13.7 Å². The number of benzene rings is 1. The largest absolute Gasteiger partial charge is 0.507 e. The lowest BCUT2D eigenvalue weighted by atomic mass is 10.0. The van der Waals surface area contributed by atoms with E-state index in [0.717, 1.165) is 18.9 Å². The number of carbonyl (C=O) groups is 2. The molecule has 1 aliphatic heterocycles. The molecule has 1 aromatic carbocycles. The number of phenolic OH excluding ortho intramolecular Hbond substituents is 1. The van der Waals surface area contributed by atoms with Crippen molar-refractivity contribution in [3.8, 4) is 5.75 Å². The predicted octanol–water partition coefficient (Wildman–Crippen LogP) is 1.70. The van der Waals surface area contributed by atoms with E-state index in [-0.39, 0.29) is 0 Å². The number of rotatable bonds is 2. The summed E-state index contributed by atoms with van der Waals surface area (Å²) in [5.74, 6) is -2.43. The highest BCUT2D eigenvalue weighted by molar-refractivity contribution is 5.99. The Hall–Kier alpha value is -2.11. The van der Waals surface area contributed by atoms with Crippen LogP contribution in [-0.4, -0.2) is 41.6 Å². The smallest absolute Gasteiger partial charge is 0.328 e. The first-order valence-electron chi connectivity index (χ1n) is 6.42. The molecule has 6 heteroatoms. The van der Waals surface area contributed by atoms with Crippen LogP contribution in [0.15, 0.2) is 18.2 Å². The lowest BCUT2D eigenvalue weighted by Gasteiger charge is -2.33. The summed E-state index contributed by atoms with van der Waals surface area (Å²) in [5.41, 5.74) is -0.400. The van der Waals surface area contributed by atoms with Gasteiger partial charge in [-0.2, -0.15) is 0 Å². The number of nitrogens with zero attached hydrogens (tertiary/aromatic N) is 1. The number of halogens is 1. The Kier molecular flexibility index (Phi) is 4.22.